The first kappa shape index (κ1) is 18.2. The van der Waals surface area contributed by atoms with Gasteiger partial charge in [0.15, 0.2) is 0 Å². The topological polar surface area (TPSA) is 18.5 Å². The first-order valence-corrected chi connectivity index (χ1v) is 7.84. The molecule has 24 heavy (non-hydrogen) atoms. The van der Waals surface area contributed by atoms with E-state index < -0.39 is 6.61 Å². The van der Waals surface area contributed by atoms with Crippen LogP contribution in [0.4, 0.5) is 8.78 Å². The number of rotatable bonds is 7. The molecule has 0 bridgehead atoms. The fourth-order valence-electron chi connectivity index (χ4n) is 2.57. The Morgan fingerprint density at radius 3 is 2.54 bits per heavy atom. The Bertz CT molecular complexity index is 729. The minimum atomic E-state index is -2.82. The van der Waals surface area contributed by atoms with Gasteiger partial charge in [0.1, 0.15) is 13.6 Å². The van der Waals surface area contributed by atoms with E-state index in [1.165, 1.54) is 0 Å². The van der Waals surface area contributed by atoms with E-state index in [1.807, 2.05) is 26.9 Å². The zero-order valence-corrected chi connectivity index (χ0v) is 14.2. The van der Waals surface area contributed by atoms with E-state index in [2.05, 4.69) is 23.4 Å². The smallest absolute Gasteiger partial charge is 0.387 e. The summed E-state index contributed by atoms with van der Waals surface area (Å²) in [6.45, 7) is 6.25. The zero-order valence-electron chi connectivity index (χ0n) is 14.2. The summed E-state index contributed by atoms with van der Waals surface area (Å²) in [5.74, 6) is 0.183. The Morgan fingerprint density at radius 2 is 1.92 bits per heavy atom. The van der Waals surface area contributed by atoms with Gasteiger partial charge in [-0.1, -0.05) is 30.2 Å². The molecule has 126 valence electrons. The van der Waals surface area contributed by atoms with Crippen LogP contribution in [0.25, 0.3) is 5.57 Å². The van der Waals surface area contributed by atoms with Gasteiger partial charge in [0.25, 0.3) is 0 Å². The highest BCUT2D eigenvalue weighted by molar-refractivity contribution is 6.32. The molecule has 2 aromatic rings. The third kappa shape index (κ3) is 4.68. The van der Waals surface area contributed by atoms with Crippen molar-refractivity contribution in [2.45, 2.75) is 27.1 Å². The van der Waals surface area contributed by atoms with Gasteiger partial charge in [-0.15, -0.1) is 0 Å². The van der Waals surface area contributed by atoms with Crippen LogP contribution in [0.5, 0.6) is 5.75 Å². The van der Waals surface area contributed by atoms with Crippen molar-refractivity contribution in [2.24, 2.45) is 0 Å². The van der Waals surface area contributed by atoms with Crippen molar-refractivity contribution in [3.63, 3.8) is 0 Å². The summed E-state index contributed by atoms with van der Waals surface area (Å²) in [4.78, 5) is 0. The minimum absolute atomic E-state index is 0.183. The van der Waals surface area contributed by atoms with Gasteiger partial charge in [0.2, 0.25) is 0 Å². The maximum absolute atomic E-state index is 12.4. The fraction of sp³-hybridized carbons (Fsp3) is 0.263. The Hall–Kier alpha value is -2.14. The van der Waals surface area contributed by atoms with E-state index in [-0.39, 0.29) is 5.75 Å². The van der Waals surface area contributed by atoms with Crippen LogP contribution < -0.4 is 10.2 Å². The Balaban J connectivity index is 2.28. The van der Waals surface area contributed by atoms with Crippen molar-refractivity contribution in [2.75, 3.05) is 6.61 Å². The van der Waals surface area contributed by atoms with E-state index in [0.717, 1.165) is 27.7 Å². The lowest BCUT2D eigenvalue weighted by Crippen LogP contribution is -2.07. The molecule has 0 spiro atoms. The second-order valence-corrected chi connectivity index (χ2v) is 5.68. The minimum Gasteiger partial charge on any atom is -0.435 e. The quantitative estimate of drug-likeness (QED) is 0.724. The SMILES string of the molecule is Bc1cc(COCC)cc(C(=C)c2ccc(OC(F)F)c(C)c2)c1. The van der Waals surface area contributed by atoms with Crippen molar-refractivity contribution in [1.29, 1.82) is 0 Å². The molecule has 0 aliphatic heterocycles. The number of hydrogen-bond acceptors (Lipinski definition) is 2. The average molecular weight is 330 g/mol. The van der Waals surface area contributed by atoms with Gasteiger partial charge >= 0.3 is 6.61 Å². The summed E-state index contributed by atoms with van der Waals surface area (Å²) in [5.41, 5.74) is 5.56. The normalized spacial score (nSPS) is 10.9. The van der Waals surface area contributed by atoms with Crippen molar-refractivity contribution in [1.82, 2.24) is 0 Å². The molecule has 0 aliphatic carbocycles. The highest BCUT2D eigenvalue weighted by Gasteiger charge is 2.10. The molecule has 0 heterocycles. The van der Waals surface area contributed by atoms with E-state index in [1.54, 1.807) is 19.1 Å². The second kappa shape index (κ2) is 8.11. The molecule has 2 rings (SSSR count). The summed E-state index contributed by atoms with van der Waals surface area (Å²) in [6.07, 6.45) is 0. The van der Waals surface area contributed by atoms with Crippen LogP contribution in [-0.2, 0) is 11.3 Å². The van der Waals surface area contributed by atoms with Gasteiger partial charge in [-0.3, -0.25) is 0 Å². The highest BCUT2D eigenvalue weighted by Crippen LogP contribution is 2.27. The van der Waals surface area contributed by atoms with E-state index >= 15 is 0 Å². The maximum atomic E-state index is 12.4. The van der Waals surface area contributed by atoms with Gasteiger partial charge in [-0.05, 0) is 59.9 Å². The van der Waals surface area contributed by atoms with Gasteiger partial charge in [-0.25, -0.2) is 0 Å². The van der Waals surface area contributed by atoms with Crippen molar-refractivity contribution in [3.05, 3.63) is 65.2 Å². The third-order valence-electron chi connectivity index (χ3n) is 3.70. The number of halogens is 2. The third-order valence-corrected chi connectivity index (χ3v) is 3.70. The van der Waals surface area contributed by atoms with Crippen molar-refractivity contribution < 1.29 is 18.3 Å². The lowest BCUT2D eigenvalue weighted by atomic mass is 9.88. The number of alkyl halides is 2. The largest absolute Gasteiger partial charge is 0.435 e. The molecule has 0 atom stereocenters. The highest BCUT2D eigenvalue weighted by atomic mass is 19.3. The first-order valence-electron chi connectivity index (χ1n) is 7.84. The summed E-state index contributed by atoms with van der Waals surface area (Å²) < 4.78 is 34.7. The van der Waals surface area contributed by atoms with Gasteiger partial charge in [0, 0.05) is 6.61 Å². The van der Waals surface area contributed by atoms with E-state index in [9.17, 15) is 8.78 Å². The Morgan fingerprint density at radius 1 is 1.17 bits per heavy atom. The number of aryl methyl sites for hydroxylation is 1. The van der Waals surface area contributed by atoms with Crippen LogP contribution in [0.15, 0.2) is 43.0 Å². The van der Waals surface area contributed by atoms with Crippen LogP contribution in [-0.4, -0.2) is 21.1 Å². The molecule has 0 fully saturated rings. The molecule has 0 aromatic heterocycles. The fourth-order valence-corrected chi connectivity index (χ4v) is 2.57. The second-order valence-electron chi connectivity index (χ2n) is 5.68. The molecular weight excluding hydrogens is 309 g/mol. The molecule has 0 saturated carbocycles. The van der Waals surface area contributed by atoms with Crippen molar-refractivity contribution >= 4 is 18.9 Å². The number of hydrogen-bond donors (Lipinski definition) is 0. The van der Waals surface area contributed by atoms with E-state index in [4.69, 9.17) is 4.74 Å². The average Bonchev–Trinajstić information content (AvgIpc) is 2.53. The Kier molecular flexibility index (Phi) is 6.15. The predicted molar refractivity (Wildman–Crippen MR) is 95.9 cm³/mol. The standard InChI is InChI=1S/C19H21BF2O2/c1-4-23-11-14-8-16(10-17(20)9-14)13(3)15-5-6-18(12(2)7-15)24-19(21)22/h5-10,19H,3-4,11,20H2,1-2H3. The molecule has 0 amide bonds. The van der Waals surface area contributed by atoms with Crippen LogP contribution in [0, 0.1) is 6.92 Å². The molecular formula is C19H21BF2O2. The molecule has 0 radical (unpaired) electrons. The number of ether oxygens (including phenoxy) is 2. The molecule has 5 heteroatoms. The molecule has 2 aromatic carbocycles. The van der Waals surface area contributed by atoms with Crippen LogP contribution >= 0.6 is 0 Å². The Labute approximate surface area is 142 Å². The molecule has 2 nitrogen and oxygen atoms in total. The number of benzene rings is 2. The van der Waals surface area contributed by atoms with Crippen molar-refractivity contribution in [3.8, 4) is 5.75 Å². The summed E-state index contributed by atoms with van der Waals surface area (Å²) in [6, 6.07) is 11.3. The van der Waals surface area contributed by atoms with Crippen LogP contribution in [0.2, 0.25) is 0 Å². The monoisotopic (exact) mass is 330 g/mol. The molecule has 0 N–H and O–H groups in total. The van der Waals surface area contributed by atoms with Gasteiger partial charge < -0.3 is 9.47 Å². The van der Waals surface area contributed by atoms with Gasteiger partial charge in [-0.2, -0.15) is 8.78 Å². The molecule has 0 unspecified atom stereocenters. The molecule has 0 saturated heterocycles. The lowest BCUT2D eigenvalue weighted by molar-refractivity contribution is -0.0502. The maximum Gasteiger partial charge on any atom is 0.387 e. The van der Waals surface area contributed by atoms with E-state index in [0.29, 0.717) is 18.8 Å². The summed E-state index contributed by atoms with van der Waals surface area (Å²) in [5, 5.41) is 0. The lowest BCUT2D eigenvalue weighted by Gasteiger charge is -2.13. The summed E-state index contributed by atoms with van der Waals surface area (Å²) >= 11 is 0. The van der Waals surface area contributed by atoms with Gasteiger partial charge in [0.05, 0.1) is 6.61 Å². The summed E-state index contributed by atoms with van der Waals surface area (Å²) in [7, 11) is 2.02. The van der Waals surface area contributed by atoms with Crippen LogP contribution in [0.1, 0.15) is 29.2 Å². The predicted octanol–water partition coefficient (Wildman–Crippen LogP) is 3.45. The zero-order chi connectivity index (χ0) is 17.7. The molecule has 0 aliphatic rings. The van der Waals surface area contributed by atoms with Crippen LogP contribution in [0.3, 0.4) is 0 Å². The first-order chi connectivity index (χ1) is 11.4.